The zero-order valence-corrected chi connectivity index (χ0v) is 13.5. The van der Waals surface area contributed by atoms with Gasteiger partial charge in [-0.15, -0.1) is 0 Å². The Balaban J connectivity index is 2.31. The van der Waals surface area contributed by atoms with Crippen molar-refractivity contribution in [1.82, 2.24) is 9.97 Å². The van der Waals surface area contributed by atoms with Gasteiger partial charge in [0.1, 0.15) is 5.69 Å². The summed E-state index contributed by atoms with van der Waals surface area (Å²) in [5.74, 6) is -0.853. The summed E-state index contributed by atoms with van der Waals surface area (Å²) < 4.78 is 29.5. The highest BCUT2D eigenvalue weighted by Gasteiger charge is 2.18. The number of anilines is 1. The maximum Gasteiger partial charge on any atom is 0.387 e. The molecule has 0 atom stereocenters. The van der Waals surface area contributed by atoms with E-state index in [4.69, 9.17) is 11.6 Å². The Morgan fingerprint density at radius 3 is 2.68 bits per heavy atom. The van der Waals surface area contributed by atoms with Crippen molar-refractivity contribution in [2.75, 3.05) is 5.32 Å². The van der Waals surface area contributed by atoms with Gasteiger partial charge in [0.05, 0.1) is 22.1 Å². The number of aryl methyl sites for hydroxylation is 1. The summed E-state index contributed by atoms with van der Waals surface area (Å²) in [6, 6.07) is 2.67. The van der Waals surface area contributed by atoms with Crippen LogP contribution >= 0.6 is 27.5 Å². The van der Waals surface area contributed by atoms with Gasteiger partial charge in [0.15, 0.2) is 5.75 Å². The minimum absolute atomic E-state index is 0.00736. The molecule has 9 heteroatoms. The molecular weight excluding hydrogens is 384 g/mol. The first kappa shape index (κ1) is 16.6. The first-order chi connectivity index (χ1) is 10.4. The SMILES string of the molecule is Cc1cnc(C(=O)Nc2cc(Cl)cc(Br)c2OC(F)F)cn1. The standard InChI is InChI=1S/C13H9BrClF2N3O2/c1-6-4-19-10(5-18-6)12(21)20-9-3-7(15)2-8(14)11(9)22-13(16)17/h2-5,13H,1H3,(H,20,21). The number of ether oxygens (including phenoxy) is 1. The molecule has 0 bridgehead atoms. The van der Waals surface area contributed by atoms with Crippen LogP contribution in [-0.4, -0.2) is 22.5 Å². The molecular formula is C13H9BrClF2N3O2. The van der Waals surface area contributed by atoms with Gasteiger partial charge in [-0.2, -0.15) is 8.78 Å². The Labute approximate surface area is 137 Å². The van der Waals surface area contributed by atoms with Crippen molar-refractivity contribution in [3.8, 4) is 5.75 Å². The summed E-state index contributed by atoms with van der Waals surface area (Å²) in [5.41, 5.74) is 0.667. The summed E-state index contributed by atoms with van der Waals surface area (Å²) >= 11 is 8.92. The minimum Gasteiger partial charge on any atom is -0.431 e. The van der Waals surface area contributed by atoms with Crippen LogP contribution in [0.3, 0.4) is 0 Å². The largest absolute Gasteiger partial charge is 0.431 e. The van der Waals surface area contributed by atoms with Crippen molar-refractivity contribution in [2.45, 2.75) is 13.5 Å². The highest BCUT2D eigenvalue weighted by Crippen LogP contribution is 2.37. The van der Waals surface area contributed by atoms with Gasteiger partial charge in [0.25, 0.3) is 5.91 Å². The lowest BCUT2D eigenvalue weighted by Crippen LogP contribution is -2.16. The maximum atomic E-state index is 12.5. The second-order valence-electron chi connectivity index (χ2n) is 4.14. The Bertz CT molecular complexity index is 698. The molecule has 5 nitrogen and oxygen atoms in total. The highest BCUT2D eigenvalue weighted by molar-refractivity contribution is 9.10. The van der Waals surface area contributed by atoms with Crippen LogP contribution in [0.2, 0.25) is 5.02 Å². The van der Waals surface area contributed by atoms with Crippen molar-refractivity contribution in [1.29, 1.82) is 0 Å². The molecule has 1 aromatic carbocycles. The lowest BCUT2D eigenvalue weighted by molar-refractivity contribution is -0.0498. The molecule has 1 N–H and O–H groups in total. The maximum absolute atomic E-state index is 12.5. The number of amides is 1. The number of carbonyl (C=O) groups excluding carboxylic acids is 1. The van der Waals surface area contributed by atoms with Crippen molar-refractivity contribution in [3.05, 3.63) is 45.4 Å². The lowest BCUT2D eigenvalue weighted by Gasteiger charge is -2.14. The molecule has 1 amide bonds. The van der Waals surface area contributed by atoms with Gasteiger partial charge in [-0.05, 0) is 35.0 Å². The molecule has 1 heterocycles. The third-order valence-electron chi connectivity index (χ3n) is 2.48. The predicted molar refractivity (Wildman–Crippen MR) is 80.5 cm³/mol. The third-order valence-corrected chi connectivity index (χ3v) is 3.28. The van der Waals surface area contributed by atoms with Crippen LogP contribution in [0.15, 0.2) is 29.0 Å². The van der Waals surface area contributed by atoms with Crippen molar-refractivity contribution in [2.24, 2.45) is 0 Å². The zero-order chi connectivity index (χ0) is 16.3. The van der Waals surface area contributed by atoms with Gasteiger partial charge >= 0.3 is 6.61 Å². The van der Waals surface area contributed by atoms with E-state index in [0.29, 0.717) is 5.69 Å². The Hall–Kier alpha value is -1.80. The minimum atomic E-state index is -3.05. The molecule has 2 rings (SSSR count). The molecule has 116 valence electrons. The van der Waals surface area contributed by atoms with E-state index in [1.54, 1.807) is 6.92 Å². The van der Waals surface area contributed by atoms with E-state index in [0.717, 1.165) is 0 Å². The van der Waals surface area contributed by atoms with Gasteiger partial charge < -0.3 is 10.1 Å². The molecule has 2 aromatic rings. The van der Waals surface area contributed by atoms with Crippen LogP contribution in [0.4, 0.5) is 14.5 Å². The molecule has 0 radical (unpaired) electrons. The van der Waals surface area contributed by atoms with Crippen LogP contribution in [-0.2, 0) is 0 Å². The monoisotopic (exact) mass is 391 g/mol. The van der Waals surface area contributed by atoms with E-state index in [1.165, 1.54) is 24.5 Å². The second kappa shape index (κ2) is 6.97. The Morgan fingerprint density at radius 2 is 2.09 bits per heavy atom. The topological polar surface area (TPSA) is 64.1 Å². The summed E-state index contributed by atoms with van der Waals surface area (Å²) in [6.45, 7) is -1.33. The molecule has 0 aliphatic heterocycles. The molecule has 0 fully saturated rings. The lowest BCUT2D eigenvalue weighted by atomic mass is 10.2. The van der Waals surface area contributed by atoms with E-state index in [-0.39, 0.29) is 26.6 Å². The van der Waals surface area contributed by atoms with Crippen molar-refractivity contribution < 1.29 is 18.3 Å². The van der Waals surface area contributed by atoms with Crippen LogP contribution in [0.25, 0.3) is 0 Å². The van der Waals surface area contributed by atoms with E-state index >= 15 is 0 Å². The van der Waals surface area contributed by atoms with E-state index < -0.39 is 12.5 Å². The number of nitrogens with one attached hydrogen (secondary N) is 1. The van der Waals surface area contributed by atoms with E-state index in [9.17, 15) is 13.6 Å². The summed E-state index contributed by atoms with van der Waals surface area (Å²) in [6.07, 6.45) is 2.69. The van der Waals surface area contributed by atoms with Gasteiger partial charge in [0, 0.05) is 11.2 Å². The average Bonchev–Trinajstić information content (AvgIpc) is 2.43. The molecule has 0 saturated carbocycles. The Morgan fingerprint density at radius 1 is 1.36 bits per heavy atom. The fourth-order valence-electron chi connectivity index (χ4n) is 1.56. The van der Waals surface area contributed by atoms with E-state index in [1.807, 2.05) is 0 Å². The molecule has 0 spiro atoms. The summed E-state index contributed by atoms with van der Waals surface area (Å²) in [7, 11) is 0. The van der Waals surface area contributed by atoms with Crippen LogP contribution in [0.5, 0.6) is 5.75 Å². The first-order valence-corrected chi connectivity index (χ1v) is 7.07. The fraction of sp³-hybridized carbons (Fsp3) is 0.154. The highest BCUT2D eigenvalue weighted by atomic mass is 79.9. The number of alkyl halides is 2. The van der Waals surface area contributed by atoms with Gasteiger partial charge in [-0.1, -0.05) is 11.6 Å². The van der Waals surface area contributed by atoms with Crippen LogP contribution < -0.4 is 10.1 Å². The molecule has 1 aromatic heterocycles. The summed E-state index contributed by atoms with van der Waals surface area (Å²) in [5, 5.41) is 2.65. The zero-order valence-electron chi connectivity index (χ0n) is 11.1. The number of hydrogen-bond donors (Lipinski definition) is 1. The molecule has 0 saturated heterocycles. The summed E-state index contributed by atoms with van der Waals surface area (Å²) in [4.78, 5) is 19.9. The van der Waals surface area contributed by atoms with Gasteiger partial charge in [-0.25, -0.2) is 4.98 Å². The van der Waals surface area contributed by atoms with Gasteiger partial charge in [-0.3, -0.25) is 9.78 Å². The number of aromatic nitrogens is 2. The van der Waals surface area contributed by atoms with Crippen molar-refractivity contribution >= 4 is 39.1 Å². The van der Waals surface area contributed by atoms with Crippen molar-refractivity contribution in [3.63, 3.8) is 0 Å². The normalized spacial score (nSPS) is 10.6. The molecule has 0 aliphatic rings. The number of halogens is 4. The third kappa shape index (κ3) is 4.11. The fourth-order valence-corrected chi connectivity index (χ4v) is 2.46. The number of nitrogens with zero attached hydrogens (tertiary/aromatic N) is 2. The van der Waals surface area contributed by atoms with Crippen LogP contribution in [0, 0.1) is 6.92 Å². The van der Waals surface area contributed by atoms with E-state index in [2.05, 4.69) is 36.0 Å². The number of hydrogen-bond acceptors (Lipinski definition) is 4. The first-order valence-electron chi connectivity index (χ1n) is 5.90. The molecule has 22 heavy (non-hydrogen) atoms. The smallest absolute Gasteiger partial charge is 0.387 e. The molecule has 0 aliphatic carbocycles. The quantitative estimate of drug-likeness (QED) is 0.852. The second-order valence-corrected chi connectivity index (χ2v) is 5.43. The number of benzene rings is 1. The predicted octanol–water partition coefficient (Wildman–Crippen LogP) is 4.05. The number of rotatable bonds is 4. The van der Waals surface area contributed by atoms with Gasteiger partial charge in [0.2, 0.25) is 0 Å². The van der Waals surface area contributed by atoms with Crippen LogP contribution in [0.1, 0.15) is 16.2 Å². The molecule has 0 unspecified atom stereocenters. The number of carbonyl (C=O) groups is 1. The Kier molecular flexibility index (Phi) is 5.25. The average molecular weight is 393 g/mol.